The molecule has 2 heterocycles. The highest BCUT2D eigenvalue weighted by molar-refractivity contribution is 6.00. The fourth-order valence-electron chi connectivity index (χ4n) is 2.35. The maximum Gasteiger partial charge on any atom is 0.155 e. The molecule has 14 heavy (non-hydrogen) atoms. The van der Waals surface area contributed by atoms with Gasteiger partial charge in [-0.05, 0) is 24.8 Å². The molecule has 4 heteroatoms. The molecular formula is C10H14N4. The van der Waals surface area contributed by atoms with Crippen molar-refractivity contribution in [2.75, 3.05) is 13.2 Å². The molecule has 0 aromatic heterocycles. The molecule has 0 saturated carbocycles. The Balaban J connectivity index is 1.99. The van der Waals surface area contributed by atoms with Crippen molar-refractivity contribution in [3.05, 3.63) is 23.3 Å². The second-order valence-corrected chi connectivity index (χ2v) is 3.98. The van der Waals surface area contributed by atoms with Gasteiger partial charge in [0, 0.05) is 6.54 Å². The van der Waals surface area contributed by atoms with Gasteiger partial charge in [0.25, 0.3) is 0 Å². The van der Waals surface area contributed by atoms with E-state index in [-0.39, 0.29) is 0 Å². The van der Waals surface area contributed by atoms with Crippen LogP contribution in [0.1, 0.15) is 19.3 Å². The number of allylic oxidation sites excluding steroid dienone is 2. The standard InChI is InChI=1S/C10H14N4/c11-14-7-13-6-5-8-3-1-2-4-9(8)10(13)12-14/h1-2H,3-7,11H2. The first kappa shape index (κ1) is 8.05. The molecule has 2 aliphatic heterocycles. The molecule has 74 valence electrons. The van der Waals surface area contributed by atoms with Gasteiger partial charge in [-0.2, -0.15) is 0 Å². The Kier molecular flexibility index (Phi) is 1.64. The van der Waals surface area contributed by atoms with Crippen molar-refractivity contribution < 1.29 is 0 Å². The summed E-state index contributed by atoms with van der Waals surface area (Å²) in [7, 11) is 0. The SMILES string of the molecule is NN1CN2CCC3=C(CC=CC3)C2=N1. The van der Waals surface area contributed by atoms with E-state index in [0.717, 1.165) is 31.9 Å². The molecule has 0 aromatic carbocycles. The number of hydrogen-bond acceptors (Lipinski definition) is 4. The summed E-state index contributed by atoms with van der Waals surface area (Å²) in [5.41, 5.74) is 2.96. The van der Waals surface area contributed by atoms with Gasteiger partial charge in [0.2, 0.25) is 0 Å². The van der Waals surface area contributed by atoms with Crippen molar-refractivity contribution in [3.8, 4) is 0 Å². The maximum absolute atomic E-state index is 5.68. The molecule has 3 aliphatic rings. The second-order valence-electron chi connectivity index (χ2n) is 3.98. The van der Waals surface area contributed by atoms with E-state index in [4.69, 9.17) is 5.84 Å². The Hall–Kier alpha value is -1.29. The molecular weight excluding hydrogens is 176 g/mol. The van der Waals surface area contributed by atoms with Crippen LogP contribution in [-0.4, -0.2) is 29.1 Å². The van der Waals surface area contributed by atoms with Gasteiger partial charge in [-0.1, -0.05) is 17.7 Å². The highest BCUT2D eigenvalue weighted by Crippen LogP contribution is 2.30. The molecule has 0 aromatic rings. The lowest BCUT2D eigenvalue weighted by molar-refractivity contribution is 0.239. The summed E-state index contributed by atoms with van der Waals surface area (Å²) in [6.45, 7) is 1.81. The van der Waals surface area contributed by atoms with Gasteiger partial charge in [-0.25, -0.2) is 11.0 Å². The number of amidine groups is 1. The van der Waals surface area contributed by atoms with Crippen molar-refractivity contribution in [1.82, 2.24) is 10.0 Å². The van der Waals surface area contributed by atoms with Crippen molar-refractivity contribution >= 4 is 5.84 Å². The lowest BCUT2D eigenvalue weighted by Crippen LogP contribution is -2.37. The molecule has 3 rings (SSSR count). The first-order chi connectivity index (χ1) is 6.84. The molecule has 0 unspecified atom stereocenters. The van der Waals surface area contributed by atoms with E-state index in [9.17, 15) is 0 Å². The van der Waals surface area contributed by atoms with E-state index in [1.165, 1.54) is 17.1 Å². The Morgan fingerprint density at radius 1 is 1.29 bits per heavy atom. The van der Waals surface area contributed by atoms with Crippen LogP contribution in [0.3, 0.4) is 0 Å². The van der Waals surface area contributed by atoms with Crippen LogP contribution in [0, 0.1) is 0 Å². The van der Waals surface area contributed by atoms with Crippen LogP contribution in [0.5, 0.6) is 0 Å². The number of nitrogens with two attached hydrogens (primary N) is 1. The molecule has 0 atom stereocenters. The van der Waals surface area contributed by atoms with Crippen molar-refractivity contribution in [3.63, 3.8) is 0 Å². The van der Waals surface area contributed by atoms with Crippen molar-refractivity contribution in [2.45, 2.75) is 19.3 Å². The van der Waals surface area contributed by atoms with E-state index < -0.39 is 0 Å². The number of fused-ring (bicyclic) bond motifs is 2. The van der Waals surface area contributed by atoms with Crippen LogP contribution < -0.4 is 5.84 Å². The zero-order valence-electron chi connectivity index (χ0n) is 8.11. The molecule has 0 bridgehead atoms. The predicted octanol–water partition coefficient (Wildman–Crippen LogP) is 0.799. The van der Waals surface area contributed by atoms with Gasteiger partial charge in [-0.3, -0.25) is 0 Å². The Morgan fingerprint density at radius 3 is 3.07 bits per heavy atom. The third-order valence-corrected chi connectivity index (χ3v) is 3.07. The summed E-state index contributed by atoms with van der Waals surface area (Å²) < 4.78 is 0. The number of nitrogens with zero attached hydrogens (tertiary/aromatic N) is 3. The normalized spacial score (nSPS) is 25.1. The predicted molar refractivity (Wildman–Crippen MR) is 55.1 cm³/mol. The van der Waals surface area contributed by atoms with E-state index in [1.807, 2.05) is 0 Å². The Morgan fingerprint density at radius 2 is 2.14 bits per heavy atom. The summed E-state index contributed by atoms with van der Waals surface area (Å²) in [6.07, 6.45) is 7.78. The van der Waals surface area contributed by atoms with Crippen LogP contribution in [-0.2, 0) is 0 Å². The first-order valence-electron chi connectivity index (χ1n) is 5.06. The molecule has 1 aliphatic carbocycles. The second kappa shape index (κ2) is 2.85. The highest BCUT2D eigenvalue weighted by atomic mass is 15.7. The topological polar surface area (TPSA) is 44.9 Å². The maximum atomic E-state index is 5.68. The summed E-state index contributed by atoms with van der Waals surface area (Å²) in [4.78, 5) is 2.26. The average molecular weight is 190 g/mol. The van der Waals surface area contributed by atoms with E-state index in [1.54, 1.807) is 5.57 Å². The molecule has 0 amide bonds. The minimum absolute atomic E-state index is 0.746. The molecule has 0 radical (unpaired) electrons. The zero-order chi connectivity index (χ0) is 9.54. The van der Waals surface area contributed by atoms with Gasteiger partial charge in [-0.15, -0.1) is 5.10 Å². The fraction of sp³-hybridized carbons (Fsp3) is 0.500. The summed E-state index contributed by atoms with van der Waals surface area (Å²) in [5.74, 6) is 6.79. The Labute approximate surface area is 83.3 Å². The van der Waals surface area contributed by atoms with E-state index in [2.05, 4.69) is 22.2 Å². The Bertz CT molecular complexity index is 353. The quantitative estimate of drug-likeness (QED) is 0.454. The smallest absolute Gasteiger partial charge is 0.155 e. The number of rotatable bonds is 0. The van der Waals surface area contributed by atoms with Crippen molar-refractivity contribution in [2.24, 2.45) is 10.9 Å². The largest absolute Gasteiger partial charge is 0.334 e. The number of hydrogen-bond donors (Lipinski definition) is 1. The lowest BCUT2D eigenvalue weighted by Gasteiger charge is -2.29. The highest BCUT2D eigenvalue weighted by Gasteiger charge is 2.30. The van der Waals surface area contributed by atoms with Gasteiger partial charge in [0.15, 0.2) is 5.84 Å². The summed E-state index contributed by atoms with van der Waals surface area (Å²) in [5, 5.41) is 5.89. The van der Waals surface area contributed by atoms with Crippen LogP contribution in [0.2, 0.25) is 0 Å². The molecule has 2 N–H and O–H groups in total. The number of hydrazine groups is 1. The molecule has 4 nitrogen and oxygen atoms in total. The monoisotopic (exact) mass is 190 g/mol. The lowest BCUT2D eigenvalue weighted by atomic mass is 9.90. The van der Waals surface area contributed by atoms with Crippen molar-refractivity contribution in [1.29, 1.82) is 0 Å². The van der Waals surface area contributed by atoms with Crippen LogP contribution >= 0.6 is 0 Å². The third-order valence-electron chi connectivity index (χ3n) is 3.07. The molecule has 0 fully saturated rings. The van der Waals surface area contributed by atoms with E-state index in [0.29, 0.717) is 0 Å². The molecule has 0 saturated heterocycles. The minimum atomic E-state index is 0.746. The van der Waals surface area contributed by atoms with Crippen LogP contribution in [0.25, 0.3) is 0 Å². The van der Waals surface area contributed by atoms with Crippen LogP contribution in [0.15, 0.2) is 28.4 Å². The zero-order valence-corrected chi connectivity index (χ0v) is 8.11. The number of hydrazone groups is 1. The summed E-state index contributed by atoms with van der Waals surface area (Å²) in [6, 6.07) is 0. The fourth-order valence-corrected chi connectivity index (χ4v) is 2.35. The minimum Gasteiger partial charge on any atom is -0.334 e. The summed E-state index contributed by atoms with van der Waals surface area (Å²) >= 11 is 0. The van der Waals surface area contributed by atoms with Gasteiger partial charge >= 0.3 is 0 Å². The van der Waals surface area contributed by atoms with E-state index >= 15 is 0 Å². The first-order valence-corrected chi connectivity index (χ1v) is 5.06. The molecule has 0 spiro atoms. The van der Waals surface area contributed by atoms with Gasteiger partial charge in [0.1, 0.15) is 6.67 Å². The van der Waals surface area contributed by atoms with Crippen LogP contribution in [0.4, 0.5) is 0 Å². The van der Waals surface area contributed by atoms with Gasteiger partial charge in [0.05, 0.1) is 0 Å². The average Bonchev–Trinajstić information content (AvgIpc) is 2.59. The third kappa shape index (κ3) is 1.07. The van der Waals surface area contributed by atoms with Gasteiger partial charge < -0.3 is 4.90 Å².